The predicted molar refractivity (Wildman–Crippen MR) is 59.3 cm³/mol. The monoisotopic (exact) mass is 207 g/mol. The van der Waals surface area contributed by atoms with Crippen molar-refractivity contribution in [2.75, 3.05) is 6.61 Å². The standard InChI is InChI=1S/C12H17NO2/c1-3-4-5-9-15-12-11(10(2)14)7-6-8-13-12/h6-8H,3-5,9H2,1-2H3. The zero-order chi connectivity index (χ0) is 11.1. The maximum absolute atomic E-state index is 11.2. The smallest absolute Gasteiger partial charge is 0.224 e. The highest BCUT2D eigenvalue weighted by Gasteiger charge is 2.08. The Labute approximate surface area is 90.5 Å². The molecule has 1 rings (SSSR count). The van der Waals surface area contributed by atoms with Gasteiger partial charge in [-0.15, -0.1) is 0 Å². The number of nitrogens with zero attached hydrogens (tertiary/aromatic N) is 1. The lowest BCUT2D eigenvalue weighted by Gasteiger charge is -2.07. The van der Waals surface area contributed by atoms with E-state index in [1.165, 1.54) is 6.92 Å². The van der Waals surface area contributed by atoms with Crippen molar-refractivity contribution in [3.8, 4) is 5.88 Å². The van der Waals surface area contributed by atoms with E-state index in [-0.39, 0.29) is 5.78 Å². The number of pyridine rings is 1. The lowest BCUT2D eigenvalue weighted by Crippen LogP contribution is -2.04. The Balaban J connectivity index is 2.56. The molecule has 0 bridgehead atoms. The Morgan fingerprint density at radius 1 is 1.47 bits per heavy atom. The minimum Gasteiger partial charge on any atom is -0.477 e. The summed E-state index contributed by atoms with van der Waals surface area (Å²) < 4.78 is 5.47. The zero-order valence-electron chi connectivity index (χ0n) is 9.32. The summed E-state index contributed by atoms with van der Waals surface area (Å²) in [6.07, 6.45) is 4.94. The summed E-state index contributed by atoms with van der Waals surface area (Å²) in [4.78, 5) is 15.3. The third-order valence-electron chi connectivity index (χ3n) is 2.14. The molecule has 15 heavy (non-hydrogen) atoms. The molecule has 3 nitrogen and oxygen atoms in total. The van der Waals surface area contributed by atoms with Crippen LogP contribution in [0.25, 0.3) is 0 Å². The van der Waals surface area contributed by atoms with Crippen LogP contribution in [0.3, 0.4) is 0 Å². The molecule has 0 saturated heterocycles. The van der Waals surface area contributed by atoms with Gasteiger partial charge >= 0.3 is 0 Å². The van der Waals surface area contributed by atoms with Crippen molar-refractivity contribution in [2.45, 2.75) is 33.1 Å². The summed E-state index contributed by atoms with van der Waals surface area (Å²) in [5, 5.41) is 0. The van der Waals surface area contributed by atoms with E-state index in [4.69, 9.17) is 4.74 Å². The third-order valence-corrected chi connectivity index (χ3v) is 2.14. The molecule has 1 aromatic rings. The van der Waals surface area contributed by atoms with Crippen molar-refractivity contribution in [2.24, 2.45) is 0 Å². The minimum atomic E-state index is -0.00593. The van der Waals surface area contributed by atoms with E-state index in [1.54, 1.807) is 18.3 Å². The Morgan fingerprint density at radius 2 is 2.27 bits per heavy atom. The number of ether oxygens (including phenoxy) is 1. The Bertz CT molecular complexity index is 323. The van der Waals surface area contributed by atoms with Crippen LogP contribution in [0.5, 0.6) is 5.88 Å². The summed E-state index contributed by atoms with van der Waals surface area (Å²) in [6.45, 7) is 4.29. The second-order valence-corrected chi connectivity index (χ2v) is 3.47. The minimum absolute atomic E-state index is 0.00593. The van der Waals surface area contributed by atoms with Gasteiger partial charge in [0.05, 0.1) is 12.2 Å². The maximum atomic E-state index is 11.2. The summed E-state index contributed by atoms with van der Waals surface area (Å²) in [5.41, 5.74) is 0.564. The molecule has 82 valence electrons. The average molecular weight is 207 g/mol. The Morgan fingerprint density at radius 3 is 2.93 bits per heavy atom. The molecule has 0 spiro atoms. The first-order valence-electron chi connectivity index (χ1n) is 5.34. The van der Waals surface area contributed by atoms with Gasteiger partial charge in [0, 0.05) is 6.20 Å². The summed E-state index contributed by atoms with van der Waals surface area (Å²) in [5.74, 6) is 0.453. The molecule has 0 N–H and O–H groups in total. The fraction of sp³-hybridized carbons (Fsp3) is 0.500. The van der Waals surface area contributed by atoms with Crippen LogP contribution < -0.4 is 4.74 Å². The van der Waals surface area contributed by atoms with Crippen LogP contribution in [0.2, 0.25) is 0 Å². The van der Waals surface area contributed by atoms with Gasteiger partial charge < -0.3 is 4.74 Å². The number of rotatable bonds is 6. The molecular weight excluding hydrogens is 190 g/mol. The molecule has 0 atom stereocenters. The second kappa shape index (κ2) is 6.17. The van der Waals surface area contributed by atoms with Crippen LogP contribution in [0.1, 0.15) is 43.5 Å². The highest BCUT2D eigenvalue weighted by atomic mass is 16.5. The molecule has 0 unspecified atom stereocenters. The molecule has 1 heterocycles. The van der Waals surface area contributed by atoms with E-state index >= 15 is 0 Å². The quantitative estimate of drug-likeness (QED) is 0.532. The molecule has 3 heteroatoms. The fourth-order valence-electron chi connectivity index (χ4n) is 1.29. The van der Waals surface area contributed by atoms with E-state index < -0.39 is 0 Å². The van der Waals surface area contributed by atoms with Gasteiger partial charge in [0.15, 0.2) is 5.78 Å². The molecule has 0 fully saturated rings. The number of carbonyl (C=O) groups excluding carboxylic acids is 1. The van der Waals surface area contributed by atoms with E-state index in [0.717, 1.165) is 19.3 Å². The highest BCUT2D eigenvalue weighted by Crippen LogP contribution is 2.15. The number of unbranched alkanes of at least 4 members (excludes halogenated alkanes) is 2. The number of ketones is 1. The predicted octanol–water partition coefficient (Wildman–Crippen LogP) is 2.85. The van der Waals surface area contributed by atoms with Gasteiger partial charge in [-0.05, 0) is 25.5 Å². The third kappa shape index (κ3) is 3.70. The Hall–Kier alpha value is -1.38. The fourth-order valence-corrected chi connectivity index (χ4v) is 1.29. The van der Waals surface area contributed by atoms with Gasteiger partial charge in [-0.3, -0.25) is 4.79 Å². The van der Waals surface area contributed by atoms with Crippen molar-refractivity contribution in [3.63, 3.8) is 0 Å². The van der Waals surface area contributed by atoms with Gasteiger partial charge in [-0.25, -0.2) is 4.98 Å². The van der Waals surface area contributed by atoms with Gasteiger partial charge in [-0.2, -0.15) is 0 Å². The average Bonchev–Trinajstić information content (AvgIpc) is 2.25. The number of aromatic nitrogens is 1. The molecule has 0 saturated carbocycles. The normalized spacial score (nSPS) is 10.0. The van der Waals surface area contributed by atoms with Crippen molar-refractivity contribution in [1.82, 2.24) is 4.98 Å². The molecule has 0 aliphatic heterocycles. The van der Waals surface area contributed by atoms with Crippen LogP contribution in [-0.4, -0.2) is 17.4 Å². The number of hydrogen-bond acceptors (Lipinski definition) is 3. The summed E-state index contributed by atoms with van der Waals surface area (Å²) in [7, 11) is 0. The van der Waals surface area contributed by atoms with Crippen LogP contribution in [0.15, 0.2) is 18.3 Å². The van der Waals surface area contributed by atoms with E-state index in [1.807, 2.05) is 0 Å². The van der Waals surface area contributed by atoms with Crippen LogP contribution in [0.4, 0.5) is 0 Å². The number of hydrogen-bond donors (Lipinski definition) is 0. The second-order valence-electron chi connectivity index (χ2n) is 3.47. The van der Waals surface area contributed by atoms with Crippen molar-refractivity contribution < 1.29 is 9.53 Å². The molecule has 0 amide bonds. The molecular formula is C12H17NO2. The van der Waals surface area contributed by atoms with Gasteiger partial charge in [0.2, 0.25) is 5.88 Å². The van der Waals surface area contributed by atoms with Crippen molar-refractivity contribution >= 4 is 5.78 Å². The molecule has 0 radical (unpaired) electrons. The molecule has 0 aromatic carbocycles. The van der Waals surface area contributed by atoms with E-state index in [2.05, 4.69) is 11.9 Å². The molecule has 0 aliphatic carbocycles. The SMILES string of the molecule is CCCCCOc1ncccc1C(C)=O. The first kappa shape index (κ1) is 11.7. The molecule has 1 aromatic heterocycles. The van der Waals surface area contributed by atoms with Crippen LogP contribution >= 0.6 is 0 Å². The van der Waals surface area contributed by atoms with Crippen LogP contribution in [0, 0.1) is 0 Å². The van der Waals surface area contributed by atoms with Gasteiger partial charge in [0.1, 0.15) is 0 Å². The van der Waals surface area contributed by atoms with E-state index in [0.29, 0.717) is 18.1 Å². The first-order chi connectivity index (χ1) is 7.25. The van der Waals surface area contributed by atoms with Gasteiger partial charge in [0.25, 0.3) is 0 Å². The zero-order valence-corrected chi connectivity index (χ0v) is 9.32. The van der Waals surface area contributed by atoms with Gasteiger partial charge in [-0.1, -0.05) is 19.8 Å². The lowest BCUT2D eigenvalue weighted by molar-refractivity contribution is 0.101. The largest absolute Gasteiger partial charge is 0.477 e. The molecule has 0 aliphatic rings. The Kier molecular flexibility index (Phi) is 4.81. The summed E-state index contributed by atoms with van der Waals surface area (Å²) in [6, 6.07) is 3.49. The maximum Gasteiger partial charge on any atom is 0.224 e. The number of carbonyl (C=O) groups is 1. The highest BCUT2D eigenvalue weighted by molar-refractivity contribution is 5.96. The van der Waals surface area contributed by atoms with Crippen LogP contribution in [-0.2, 0) is 0 Å². The van der Waals surface area contributed by atoms with Crippen molar-refractivity contribution in [3.05, 3.63) is 23.9 Å². The first-order valence-corrected chi connectivity index (χ1v) is 5.34. The summed E-state index contributed by atoms with van der Waals surface area (Å²) >= 11 is 0. The topological polar surface area (TPSA) is 39.2 Å². The lowest BCUT2D eigenvalue weighted by atomic mass is 10.2. The number of Topliss-reactive ketones (excluding diaryl/α,β-unsaturated/α-hetero) is 1. The van der Waals surface area contributed by atoms with Crippen molar-refractivity contribution in [1.29, 1.82) is 0 Å². The van der Waals surface area contributed by atoms with E-state index in [9.17, 15) is 4.79 Å².